The third-order valence-corrected chi connectivity index (χ3v) is 5.96. The molecule has 0 saturated heterocycles. The molecule has 0 bridgehead atoms. The predicted octanol–water partition coefficient (Wildman–Crippen LogP) is 4.51. The number of aryl methyl sites for hydroxylation is 2. The standard InChI is InChI=1S/C27H29NO3/c1-19-15-16-21(17-20(19)2)18-24(25(29)31-4)28-26(30)27(3,22-11-7-5-8-12-22)23-13-9-6-10-14-23/h5-17,24H,18H2,1-4H3,(H,28,30)/t24-/m0/s1. The number of methoxy groups -OCH3 is 1. The van der Waals surface area contributed by atoms with Crippen LogP contribution < -0.4 is 5.32 Å². The molecule has 4 heteroatoms. The zero-order valence-electron chi connectivity index (χ0n) is 18.5. The number of benzene rings is 3. The van der Waals surface area contributed by atoms with Gasteiger partial charge in [0.25, 0.3) is 0 Å². The van der Waals surface area contributed by atoms with Crippen LogP contribution in [0.15, 0.2) is 78.9 Å². The van der Waals surface area contributed by atoms with Crippen LogP contribution in [-0.2, 0) is 26.2 Å². The molecule has 3 aromatic rings. The van der Waals surface area contributed by atoms with Crippen molar-refractivity contribution in [3.63, 3.8) is 0 Å². The van der Waals surface area contributed by atoms with E-state index in [9.17, 15) is 9.59 Å². The van der Waals surface area contributed by atoms with Gasteiger partial charge in [0.05, 0.1) is 12.5 Å². The Balaban J connectivity index is 1.95. The highest BCUT2D eigenvalue weighted by Crippen LogP contribution is 2.32. The van der Waals surface area contributed by atoms with Crippen molar-refractivity contribution in [3.8, 4) is 0 Å². The minimum atomic E-state index is -0.960. The number of ether oxygens (including phenoxy) is 1. The first-order valence-corrected chi connectivity index (χ1v) is 10.4. The lowest BCUT2D eigenvalue weighted by molar-refractivity contribution is -0.145. The number of carbonyl (C=O) groups is 2. The summed E-state index contributed by atoms with van der Waals surface area (Å²) in [4.78, 5) is 26.3. The van der Waals surface area contributed by atoms with Gasteiger partial charge >= 0.3 is 5.97 Å². The summed E-state index contributed by atoms with van der Waals surface area (Å²) in [5.41, 5.74) is 4.05. The van der Waals surface area contributed by atoms with Crippen molar-refractivity contribution in [2.75, 3.05) is 7.11 Å². The van der Waals surface area contributed by atoms with Crippen LogP contribution in [-0.4, -0.2) is 25.0 Å². The second-order valence-electron chi connectivity index (χ2n) is 8.03. The number of nitrogens with one attached hydrogen (secondary N) is 1. The molecule has 0 aliphatic heterocycles. The average Bonchev–Trinajstić information content (AvgIpc) is 2.81. The van der Waals surface area contributed by atoms with Gasteiger partial charge in [0, 0.05) is 6.42 Å². The van der Waals surface area contributed by atoms with Crippen molar-refractivity contribution in [1.82, 2.24) is 5.32 Å². The van der Waals surface area contributed by atoms with Crippen LogP contribution in [0.25, 0.3) is 0 Å². The molecule has 0 fully saturated rings. The molecule has 31 heavy (non-hydrogen) atoms. The van der Waals surface area contributed by atoms with Gasteiger partial charge in [0.1, 0.15) is 6.04 Å². The topological polar surface area (TPSA) is 55.4 Å². The molecule has 0 heterocycles. The predicted molar refractivity (Wildman–Crippen MR) is 123 cm³/mol. The van der Waals surface area contributed by atoms with Gasteiger partial charge in [0.15, 0.2) is 0 Å². The Morgan fingerprint density at radius 1 is 0.871 bits per heavy atom. The van der Waals surface area contributed by atoms with E-state index in [0.29, 0.717) is 6.42 Å². The van der Waals surface area contributed by atoms with E-state index in [4.69, 9.17) is 4.74 Å². The van der Waals surface area contributed by atoms with Crippen LogP contribution in [0.2, 0.25) is 0 Å². The lowest BCUT2D eigenvalue weighted by Gasteiger charge is -2.31. The maximum Gasteiger partial charge on any atom is 0.328 e. The Bertz CT molecular complexity index is 1010. The van der Waals surface area contributed by atoms with Gasteiger partial charge in [0.2, 0.25) is 5.91 Å². The number of rotatable bonds is 7. The highest BCUT2D eigenvalue weighted by Gasteiger charge is 2.39. The van der Waals surface area contributed by atoms with Gasteiger partial charge in [-0.1, -0.05) is 78.9 Å². The first-order chi connectivity index (χ1) is 14.9. The Labute approximate surface area is 184 Å². The summed E-state index contributed by atoms with van der Waals surface area (Å²) in [5, 5.41) is 2.97. The lowest BCUT2D eigenvalue weighted by Crippen LogP contribution is -2.51. The van der Waals surface area contributed by atoms with Crippen LogP contribution in [0, 0.1) is 13.8 Å². The zero-order valence-corrected chi connectivity index (χ0v) is 18.5. The fourth-order valence-corrected chi connectivity index (χ4v) is 3.78. The van der Waals surface area contributed by atoms with Crippen molar-refractivity contribution >= 4 is 11.9 Å². The normalized spacial score (nSPS) is 12.1. The van der Waals surface area contributed by atoms with E-state index in [2.05, 4.69) is 5.32 Å². The van der Waals surface area contributed by atoms with Crippen LogP contribution in [0.4, 0.5) is 0 Å². The van der Waals surface area contributed by atoms with Crippen molar-refractivity contribution in [1.29, 1.82) is 0 Å². The van der Waals surface area contributed by atoms with Gasteiger partial charge in [-0.2, -0.15) is 0 Å². The molecule has 1 atom stereocenters. The summed E-state index contributed by atoms with van der Waals surface area (Å²) >= 11 is 0. The summed E-state index contributed by atoms with van der Waals surface area (Å²) in [5.74, 6) is -0.709. The summed E-state index contributed by atoms with van der Waals surface area (Å²) < 4.78 is 5.01. The van der Waals surface area contributed by atoms with E-state index in [0.717, 1.165) is 22.3 Å². The van der Waals surface area contributed by atoms with Gasteiger partial charge in [-0.15, -0.1) is 0 Å². The second-order valence-corrected chi connectivity index (χ2v) is 8.03. The van der Waals surface area contributed by atoms with Crippen molar-refractivity contribution in [3.05, 3.63) is 107 Å². The highest BCUT2D eigenvalue weighted by atomic mass is 16.5. The largest absolute Gasteiger partial charge is 0.467 e. The smallest absolute Gasteiger partial charge is 0.328 e. The Morgan fingerprint density at radius 3 is 1.90 bits per heavy atom. The fourth-order valence-electron chi connectivity index (χ4n) is 3.78. The number of amides is 1. The van der Waals surface area contributed by atoms with E-state index in [-0.39, 0.29) is 5.91 Å². The minimum Gasteiger partial charge on any atom is -0.467 e. The van der Waals surface area contributed by atoms with Crippen LogP contribution in [0.5, 0.6) is 0 Å². The SMILES string of the molecule is COC(=O)[C@H](Cc1ccc(C)c(C)c1)NC(=O)C(C)(c1ccccc1)c1ccccc1. The monoisotopic (exact) mass is 415 g/mol. The van der Waals surface area contributed by atoms with E-state index in [1.165, 1.54) is 12.7 Å². The Hall–Kier alpha value is -3.40. The third kappa shape index (κ3) is 4.85. The molecular weight excluding hydrogens is 386 g/mol. The highest BCUT2D eigenvalue weighted by molar-refractivity contribution is 5.94. The van der Waals surface area contributed by atoms with E-state index >= 15 is 0 Å². The molecule has 0 aliphatic rings. The molecule has 0 aliphatic carbocycles. The molecule has 0 saturated carbocycles. The summed E-state index contributed by atoms with van der Waals surface area (Å²) in [6.45, 7) is 5.97. The van der Waals surface area contributed by atoms with Crippen LogP contribution >= 0.6 is 0 Å². The van der Waals surface area contributed by atoms with E-state index in [1.54, 1.807) is 0 Å². The molecular formula is C27H29NO3. The van der Waals surface area contributed by atoms with Gasteiger partial charge in [-0.3, -0.25) is 4.79 Å². The first-order valence-electron chi connectivity index (χ1n) is 10.4. The number of esters is 1. The first kappa shape index (κ1) is 22.3. The molecule has 0 aromatic heterocycles. The molecule has 0 radical (unpaired) electrons. The molecule has 0 spiro atoms. The zero-order chi connectivity index (χ0) is 22.4. The van der Waals surface area contributed by atoms with E-state index < -0.39 is 17.4 Å². The van der Waals surface area contributed by atoms with Gasteiger partial charge in [-0.25, -0.2) is 4.79 Å². The van der Waals surface area contributed by atoms with Crippen molar-refractivity contribution < 1.29 is 14.3 Å². The van der Waals surface area contributed by atoms with Crippen LogP contribution in [0.1, 0.15) is 34.7 Å². The maximum absolute atomic E-state index is 13.7. The number of hydrogen-bond acceptors (Lipinski definition) is 3. The second kappa shape index (κ2) is 9.61. The Kier molecular flexibility index (Phi) is 6.91. The summed E-state index contributed by atoms with van der Waals surface area (Å²) in [7, 11) is 1.34. The van der Waals surface area contributed by atoms with Crippen molar-refractivity contribution in [2.45, 2.75) is 38.6 Å². The fraction of sp³-hybridized carbons (Fsp3) is 0.259. The molecule has 1 amide bonds. The molecule has 4 nitrogen and oxygen atoms in total. The summed E-state index contributed by atoms with van der Waals surface area (Å²) in [6.07, 6.45) is 0.360. The van der Waals surface area contributed by atoms with Crippen molar-refractivity contribution in [2.24, 2.45) is 0 Å². The molecule has 160 valence electrons. The molecule has 1 N–H and O–H groups in total. The average molecular weight is 416 g/mol. The quantitative estimate of drug-likeness (QED) is 0.578. The minimum absolute atomic E-state index is 0.246. The van der Waals surface area contributed by atoms with Gasteiger partial charge < -0.3 is 10.1 Å². The molecule has 0 unspecified atom stereocenters. The molecule has 3 aromatic carbocycles. The van der Waals surface area contributed by atoms with E-state index in [1.807, 2.05) is 99.6 Å². The maximum atomic E-state index is 13.7. The summed E-state index contributed by atoms with van der Waals surface area (Å²) in [6, 6.07) is 24.5. The number of hydrogen-bond donors (Lipinski definition) is 1. The third-order valence-electron chi connectivity index (χ3n) is 5.96. The molecule has 3 rings (SSSR count). The van der Waals surface area contributed by atoms with Crippen LogP contribution in [0.3, 0.4) is 0 Å². The number of carbonyl (C=O) groups excluding carboxylic acids is 2. The lowest BCUT2D eigenvalue weighted by atomic mass is 9.75. The van der Waals surface area contributed by atoms with Gasteiger partial charge in [-0.05, 0) is 48.6 Å². The Morgan fingerprint density at radius 2 is 1.42 bits per heavy atom.